The molecule has 2 N–H and O–H groups in total. The molecule has 0 unspecified atom stereocenters. The lowest BCUT2D eigenvalue weighted by atomic mass is 10.1. The standard InChI is InChI=1S/C15H14ClN3O/c1-20-11-7-5-10(6-8-11)15-12(9-17)19-13(16)3-2-4-14(19)18-15/h2-8H,9,17H2,1H3. The predicted octanol–water partition coefficient (Wildman–Crippen LogP) is 3.12. The highest BCUT2D eigenvalue weighted by atomic mass is 35.5. The molecular formula is C15H14ClN3O. The normalized spacial score (nSPS) is 10.9. The lowest BCUT2D eigenvalue weighted by Crippen LogP contribution is -2.03. The summed E-state index contributed by atoms with van der Waals surface area (Å²) in [6.07, 6.45) is 0. The van der Waals surface area contributed by atoms with Gasteiger partial charge in [-0.05, 0) is 36.4 Å². The Labute approximate surface area is 121 Å². The van der Waals surface area contributed by atoms with Gasteiger partial charge in [0.1, 0.15) is 16.5 Å². The number of nitrogens with zero attached hydrogens (tertiary/aromatic N) is 2. The van der Waals surface area contributed by atoms with Gasteiger partial charge in [-0.15, -0.1) is 0 Å². The van der Waals surface area contributed by atoms with Crippen LogP contribution in [-0.2, 0) is 6.54 Å². The number of benzene rings is 1. The Hall–Kier alpha value is -2.04. The predicted molar refractivity (Wildman–Crippen MR) is 80.1 cm³/mol. The summed E-state index contributed by atoms with van der Waals surface area (Å²) >= 11 is 6.24. The topological polar surface area (TPSA) is 52.5 Å². The van der Waals surface area contributed by atoms with Crippen molar-refractivity contribution in [3.63, 3.8) is 0 Å². The molecule has 0 bridgehead atoms. The van der Waals surface area contributed by atoms with Crippen LogP contribution >= 0.6 is 11.6 Å². The molecule has 0 saturated carbocycles. The van der Waals surface area contributed by atoms with Crippen molar-refractivity contribution < 1.29 is 4.74 Å². The number of fused-ring (bicyclic) bond motifs is 1. The highest BCUT2D eigenvalue weighted by Crippen LogP contribution is 2.28. The van der Waals surface area contributed by atoms with Crippen LogP contribution in [-0.4, -0.2) is 16.5 Å². The van der Waals surface area contributed by atoms with Gasteiger partial charge in [-0.2, -0.15) is 0 Å². The first kappa shape index (κ1) is 13.0. The Kier molecular flexibility index (Phi) is 3.34. The van der Waals surface area contributed by atoms with Crippen LogP contribution in [0, 0.1) is 0 Å². The first-order chi connectivity index (χ1) is 9.74. The van der Waals surface area contributed by atoms with Crippen LogP contribution in [0.15, 0.2) is 42.5 Å². The van der Waals surface area contributed by atoms with Crippen LogP contribution in [0.25, 0.3) is 16.9 Å². The van der Waals surface area contributed by atoms with Crippen molar-refractivity contribution in [1.29, 1.82) is 0 Å². The van der Waals surface area contributed by atoms with Crippen molar-refractivity contribution in [2.75, 3.05) is 7.11 Å². The molecule has 0 atom stereocenters. The van der Waals surface area contributed by atoms with Crippen molar-refractivity contribution >= 4 is 17.2 Å². The van der Waals surface area contributed by atoms with Crippen molar-refractivity contribution in [2.24, 2.45) is 5.73 Å². The molecule has 0 amide bonds. The van der Waals surface area contributed by atoms with Gasteiger partial charge in [0.05, 0.1) is 18.5 Å². The highest BCUT2D eigenvalue weighted by molar-refractivity contribution is 6.29. The molecule has 1 aromatic carbocycles. The van der Waals surface area contributed by atoms with Gasteiger partial charge in [-0.1, -0.05) is 17.7 Å². The van der Waals surface area contributed by atoms with Crippen molar-refractivity contribution in [3.8, 4) is 17.0 Å². The number of hydrogen-bond acceptors (Lipinski definition) is 3. The number of hydrogen-bond donors (Lipinski definition) is 1. The van der Waals surface area contributed by atoms with E-state index < -0.39 is 0 Å². The fourth-order valence-electron chi connectivity index (χ4n) is 2.28. The Morgan fingerprint density at radius 2 is 1.95 bits per heavy atom. The Bertz CT molecular complexity index is 750. The number of pyridine rings is 1. The zero-order valence-electron chi connectivity index (χ0n) is 11.0. The SMILES string of the molecule is COc1ccc(-c2nc3cccc(Cl)n3c2CN)cc1. The minimum Gasteiger partial charge on any atom is -0.497 e. The van der Waals surface area contributed by atoms with Crippen LogP contribution in [0.2, 0.25) is 5.15 Å². The zero-order valence-corrected chi connectivity index (χ0v) is 11.8. The van der Waals surface area contributed by atoms with E-state index in [1.54, 1.807) is 7.11 Å². The molecule has 0 spiro atoms. The molecule has 0 saturated heterocycles. The Morgan fingerprint density at radius 3 is 2.60 bits per heavy atom. The molecule has 2 aromatic heterocycles. The molecule has 0 aliphatic rings. The average Bonchev–Trinajstić information content (AvgIpc) is 2.87. The quantitative estimate of drug-likeness (QED) is 0.753. The van der Waals surface area contributed by atoms with E-state index in [0.29, 0.717) is 11.7 Å². The number of imidazole rings is 1. The maximum Gasteiger partial charge on any atom is 0.138 e. The van der Waals surface area contributed by atoms with Crippen LogP contribution in [0.4, 0.5) is 0 Å². The first-order valence-electron chi connectivity index (χ1n) is 6.25. The van der Waals surface area contributed by atoms with E-state index in [2.05, 4.69) is 4.98 Å². The van der Waals surface area contributed by atoms with Crippen molar-refractivity contribution in [3.05, 3.63) is 53.3 Å². The summed E-state index contributed by atoms with van der Waals surface area (Å²) in [5.41, 5.74) is 9.42. The average molecular weight is 288 g/mol. The third-order valence-corrected chi connectivity index (χ3v) is 3.54. The second-order valence-corrected chi connectivity index (χ2v) is 4.77. The number of nitrogens with two attached hydrogens (primary N) is 1. The van der Waals surface area contributed by atoms with E-state index in [1.807, 2.05) is 46.9 Å². The van der Waals surface area contributed by atoms with Crippen LogP contribution < -0.4 is 10.5 Å². The van der Waals surface area contributed by atoms with Gasteiger partial charge in [0, 0.05) is 12.1 Å². The molecule has 0 aliphatic carbocycles. The number of halogens is 1. The number of aromatic nitrogens is 2. The van der Waals surface area contributed by atoms with Gasteiger partial charge in [-0.3, -0.25) is 4.40 Å². The van der Waals surface area contributed by atoms with E-state index in [-0.39, 0.29) is 0 Å². The molecule has 5 heteroatoms. The summed E-state index contributed by atoms with van der Waals surface area (Å²) in [7, 11) is 1.64. The molecule has 0 radical (unpaired) electrons. The van der Waals surface area contributed by atoms with Crippen LogP contribution in [0.3, 0.4) is 0 Å². The van der Waals surface area contributed by atoms with E-state index in [1.165, 1.54) is 0 Å². The summed E-state index contributed by atoms with van der Waals surface area (Å²) in [4.78, 5) is 4.63. The summed E-state index contributed by atoms with van der Waals surface area (Å²) in [6.45, 7) is 0.367. The smallest absolute Gasteiger partial charge is 0.138 e. The van der Waals surface area contributed by atoms with Crippen molar-refractivity contribution in [2.45, 2.75) is 6.54 Å². The fraction of sp³-hybridized carbons (Fsp3) is 0.133. The number of methoxy groups -OCH3 is 1. The van der Waals surface area contributed by atoms with Gasteiger partial charge in [0.25, 0.3) is 0 Å². The Balaban J connectivity index is 2.22. The minimum absolute atomic E-state index is 0.367. The largest absolute Gasteiger partial charge is 0.497 e. The molecule has 2 heterocycles. The van der Waals surface area contributed by atoms with Gasteiger partial charge < -0.3 is 10.5 Å². The monoisotopic (exact) mass is 287 g/mol. The molecule has 0 aliphatic heterocycles. The first-order valence-corrected chi connectivity index (χ1v) is 6.62. The third-order valence-electron chi connectivity index (χ3n) is 3.25. The molecule has 0 fully saturated rings. The highest BCUT2D eigenvalue weighted by Gasteiger charge is 2.14. The summed E-state index contributed by atoms with van der Waals surface area (Å²) in [6, 6.07) is 13.4. The lowest BCUT2D eigenvalue weighted by Gasteiger charge is -2.05. The minimum atomic E-state index is 0.367. The van der Waals surface area contributed by atoms with Crippen LogP contribution in [0.1, 0.15) is 5.69 Å². The molecule has 4 nitrogen and oxygen atoms in total. The van der Waals surface area contributed by atoms with Gasteiger partial charge >= 0.3 is 0 Å². The van der Waals surface area contributed by atoms with Crippen molar-refractivity contribution in [1.82, 2.24) is 9.38 Å². The molecule has 102 valence electrons. The number of ether oxygens (including phenoxy) is 1. The van der Waals surface area contributed by atoms with E-state index in [9.17, 15) is 0 Å². The summed E-state index contributed by atoms with van der Waals surface area (Å²) in [5.74, 6) is 0.810. The molecule has 3 rings (SSSR count). The van der Waals surface area contributed by atoms with Crippen LogP contribution in [0.5, 0.6) is 5.75 Å². The fourth-order valence-corrected chi connectivity index (χ4v) is 2.54. The second kappa shape index (κ2) is 5.15. The Morgan fingerprint density at radius 1 is 1.20 bits per heavy atom. The lowest BCUT2D eigenvalue weighted by molar-refractivity contribution is 0.415. The zero-order chi connectivity index (χ0) is 14.1. The molecular weight excluding hydrogens is 274 g/mol. The molecule has 3 aromatic rings. The maximum absolute atomic E-state index is 6.24. The number of rotatable bonds is 3. The summed E-state index contributed by atoms with van der Waals surface area (Å²) in [5, 5.41) is 0.607. The summed E-state index contributed by atoms with van der Waals surface area (Å²) < 4.78 is 7.04. The van der Waals surface area contributed by atoms with E-state index in [4.69, 9.17) is 22.1 Å². The van der Waals surface area contributed by atoms with Gasteiger partial charge in [0.2, 0.25) is 0 Å². The molecule has 20 heavy (non-hydrogen) atoms. The van der Waals surface area contributed by atoms with Gasteiger partial charge in [-0.25, -0.2) is 4.98 Å². The third kappa shape index (κ3) is 2.03. The van der Waals surface area contributed by atoms with E-state index in [0.717, 1.165) is 28.3 Å². The van der Waals surface area contributed by atoms with E-state index >= 15 is 0 Å². The second-order valence-electron chi connectivity index (χ2n) is 4.38. The maximum atomic E-state index is 6.24. The van der Waals surface area contributed by atoms with Gasteiger partial charge in [0.15, 0.2) is 0 Å².